The van der Waals surface area contributed by atoms with Crippen LogP contribution in [0, 0.1) is 17.0 Å². The van der Waals surface area contributed by atoms with Gasteiger partial charge in [-0.1, -0.05) is 0 Å². The first-order valence-corrected chi connectivity index (χ1v) is 6.12. The van der Waals surface area contributed by atoms with Gasteiger partial charge in [-0.15, -0.1) is 0 Å². The second-order valence-electron chi connectivity index (χ2n) is 3.81. The van der Waals surface area contributed by atoms with Crippen molar-refractivity contribution in [2.24, 2.45) is 0 Å². The fraction of sp³-hybridized carbons (Fsp3) is 0.636. The largest absolute Gasteiger partial charge is 0.382 e. The molecule has 0 unspecified atom stereocenters. The van der Waals surface area contributed by atoms with Gasteiger partial charge in [0.2, 0.25) is 11.8 Å². The lowest BCUT2D eigenvalue weighted by atomic mass is 10.3. The molecule has 0 spiro atoms. The minimum atomic E-state index is -0.473. The Bertz CT molecular complexity index is 439. The molecule has 0 bridgehead atoms. The van der Waals surface area contributed by atoms with E-state index in [1.165, 1.54) is 0 Å². The number of aromatic nitrogens is 2. The number of nitro groups is 1. The lowest BCUT2D eigenvalue weighted by molar-refractivity contribution is -0.385. The fourth-order valence-corrected chi connectivity index (χ4v) is 1.55. The third-order valence-corrected chi connectivity index (χ3v) is 2.43. The number of aryl methyl sites for hydroxylation is 1. The molecule has 0 aromatic carbocycles. The SMILES string of the molecule is CCOCCCNc1nc(NC)nc(C)c1[N+](=O)[O-]. The number of ether oxygens (including phenoxy) is 1. The van der Waals surface area contributed by atoms with Gasteiger partial charge in [-0.2, -0.15) is 4.98 Å². The summed E-state index contributed by atoms with van der Waals surface area (Å²) < 4.78 is 5.20. The molecule has 1 heterocycles. The van der Waals surface area contributed by atoms with Crippen LogP contribution in [0.1, 0.15) is 19.0 Å². The van der Waals surface area contributed by atoms with Crippen molar-refractivity contribution in [1.82, 2.24) is 9.97 Å². The normalized spacial score (nSPS) is 10.3. The average molecular weight is 269 g/mol. The monoisotopic (exact) mass is 269 g/mol. The first-order chi connectivity index (χ1) is 9.10. The zero-order valence-corrected chi connectivity index (χ0v) is 11.4. The first-order valence-electron chi connectivity index (χ1n) is 6.12. The topological polar surface area (TPSA) is 102 Å². The molecular formula is C11H19N5O3. The summed E-state index contributed by atoms with van der Waals surface area (Å²) >= 11 is 0. The number of hydrogen-bond donors (Lipinski definition) is 2. The number of hydrogen-bond acceptors (Lipinski definition) is 7. The van der Waals surface area contributed by atoms with Crippen molar-refractivity contribution in [3.05, 3.63) is 15.8 Å². The molecule has 0 aliphatic heterocycles. The van der Waals surface area contributed by atoms with E-state index in [0.717, 1.165) is 6.42 Å². The van der Waals surface area contributed by atoms with Gasteiger partial charge in [-0.05, 0) is 20.3 Å². The molecule has 2 N–H and O–H groups in total. The second-order valence-corrected chi connectivity index (χ2v) is 3.81. The first kappa shape index (κ1) is 15.1. The lowest BCUT2D eigenvalue weighted by Gasteiger charge is -2.09. The zero-order chi connectivity index (χ0) is 14.3. The van der Waals surface area contributed by atoms with E-state index < -0.39 is 4.92 Å². The number of anilines is 2. The molecule has 1 aromatic rings. The van der Waals surface area contributed by atoms with Crippen LogP contribution >= 0.6 is 0 Å². The Kier molecular flexibility index (Phi) is 5.94. The van der Waals surface area contributed by atoms with Crippen LogP contribution in [0.4, 0.5) is 17.5 Å². The van der Waals surface area contributed by atoms with E-state index >= 15 is 0 Å². The predicted molar refractivity (Wildman–Crippen MR) is 72.6 cm³/mol. The zero-order valence-electron chi connectivity index (χ0n) is 11.4. The number of rotatable bonds is 8. The van der Waals surface area contributed by atoms with Crippen LogP contribution < -0.4 is 10.6 Å². The maximum absolute atomic E-state index is 11.0. The minimum Gasteiger partial charge on any atom is -0.382 e. The Morgan fingerprint density at radius 2 is 2.16 bits per heavy atom. The van der Waals surface area contributed by atoms with Gasteiger partial charge in [0.1, 0.15) is 5.69 Å². The lowest BCUT2D eigenvalue weighted by Crippen LogP contribution is -2.12. The molecule has 0 saturated carbocycles. The molecule has 0 aliphatic rings. The van der Waals surface area contributed by atoms with Crippen LogP contribution in [0.2, 0.25) is 0 Å². The van der Waals surface area contributed by atoms with Crippen LogP contribution in [0.3, 0.4) is 0 Å². The minimum absolute atomic E-state index is 0.0876. The Hall–Kier alpha value is -1.96. The molecule has 19 heavy (non-hydrogen) atoms. The fourth-order valence-electron chi connectivity index (χ4n) is 1.55. The van der Waals surface area contributed by atoms with Gasteiger partial charge in [0.15, 0.2) is 0 Å². The van der Waals surface area contributed by atoms with Gasteiger partial charge in [-0.25, -0.2) is 4.98 Å². The van der Waals surface area contributed by atoms with E-state index in [1.807, 2.05) is 6.92 Å². The molecule has 0 saturated heterocycles. The van der Waals surface area contributed by atoms with Gasteiger partial charge in [0.05, 0.1) is 4.92 Å². The van der Waals surface area contributed by atoms with Gasteiger partial charge < -0.3 is 15.4 Å². The van der Waals surface area contributed by atoms with Crippen molar-refractivity contribution in [3.63, 3.8) is 0 Å². The van der Waals surface area contributed by atoms with Crippen LogP contribution in [0.5, 0.6) is 0 Å². The van der Waals surface area contributed by atoms with Crippen molar-refractivity contribution in [3.8, 4) is 0 Å². The Morgan fingerprint density at radius 3 is 2.74 bits per heavy atom. The Balaban J connectivity index is 2.78. The maximum Gasteiger partial charge on any atom is 0.332 e. The quantitative estimate of drug-likeness (QED) is 0.419. The predicted octanol–water partition coefficient (Wildman–Crippen LogP) is 1.57. The molecule has 106 valence electrons. The Morgan fingerprint density at radius 1 is 1.42 bits per heavy atom. The van der Waals surface area contributed by atoms with E-state index in [0.29, 0.717) is 31.4 Å². The van der Waals surface area contributed by atoms with Crippen LogP contribution in [0.25, 0.3) is 0 Å². The molecule has 0 aliphatic carbocycles. The molecule has 0 atom stereocenters. The van der Waals surface area contributed by atoms with Crippen molar-refractivity contribution in [2.75, 3.05) is 37.4 Å². The highest BCUT2D eigenvalue weighted by molar-refractivity contribution is 5.60. The van der Waals surface area contributed by atoms with Gasteiger partial charge >= 0.3 is 5.69 Å². The smallest absolute Gasteiger partial charge is 0.332 e. The summed E-state index contributed by atoms with van der Waals surface area (Å²) in [4.78, 5) is 18.6. The molecule has 0 amide bonds. The van der Waals surface area contributed by atoms with Gasteiger partial charge in [-0.3, -0.25) is 10.1 Å². The molecule has 0 fully saturated rings. The van der Waals surface area contributed by atoms with E-state index in [4.69, 9.17) is 4.74 Å². The molecule has 8 heteroatoms. The van der Waals surface area contributed by atoms with Crippen LogP contribution in [-0.2, 0) is 4.74 Å². The van der Waals surface area contributed by atoms with Crippen molar-refractivity contribution in [2.45, 2.75) is 20.3 Å². The molecule has 8 nitrogen and oxygen atoms in total. The van der Waals surface area contributed by atoms with E-state index in [1.54, 1.807) is 14.0 Å². The van der Waals surface area contributed by atoms with Gasteiger partial charge in [0.25, 0.3) is 0 Å². The summed E-state index contributed by atoms with van der Waals surface area (Å²) in [7, 11) is 1.67. The number of nitrogens with one attached hydrogen (secondary N) is 2. The molecule has 0 radical (unpaired) electrons. The van der Waals surface area contributed by atoms with Crippen molar-refractivity contribution >= 4 is 17.5 Å². The molecule has 1 rings (SSSR count). The summed E-state index contributed by atoms with van der Waals surface area (Å²) in [6, 6.07) is 0. The van der Waals surface area contributed by atoms with Gasteiger partial charge in [0, 0.05) is 26.8 Å². The highest BCUT2D eigenvalue weighted by Crippen LogP contribution is 2.26. The molecule has 1 aromatic heterocycles. The van der Waals surface area contributed by atoms with Crippen molar-refractivity contribution in [1.29, 1.82) is 0 Å². The third kappa shape index (κ3) is 4.32. The average Bonchev–Trinajstić information content (AvgIpc) is 2.37. The third-order valence-electron chi connectivity index (χ3n) is 2.43. The summed E-state index contributed by atoms with van der Waals surface area (Å²) in [5, 5.41) is 16.7. The van der Waals surface area contributed by atoms with Crippen molar-refractivity contribution < 1.29 is 9.66 Å². The summed E-state index contributed by atoms with van der Waals surface area (Å²) in [6.45, 7) is 5.34. The van der Waals surface area contributed by atoms with E-state index in [9.17, 15) is 10.1 Å². The van der Waals surface area contributed by atoms with Crippen LogP contribution in [-0.4, -0.2) is 41.7 Å². The highest BCUT2D eigenvalue weighted by Gasteiger charge is 2.21. The second kappa shape index (κ2) is 7.47. The maximum atomic E-state index is 11.0. The van der Waals surface area contributed by atoms with E-state index in [2.05, 4.69) is 20.6 Å². The van der Waals surface area contributed by atoms with E-state index in [-0.39, 0.29) is 11.5 Å². The number of nitrogens with zero attached hydrogens (tertiary/aromatic N) is 3. The summed E-state index contributed by atoms with van der Waals surface area (Å²) in [6.07, 6.45) is 0.753. The van der Waals surface area contributed by atoms with Crippen LogP contribution in [0.15, 0.2) is 0 Å². The Labute approximate surface area is 111 Å². The standard InChI is InChI=1S/C11H19N5O3/c1-4-19-7-5-6-13-10-9(16(17)18)8(2)14-11(12-3)15-10/h4-7H2,1-3H3,(H2,12,13,14,15). The summed E-state index contributed by atoms with van der Waals surface area (Å²) in [5.41, 5.74) is 0.243. The molecular weight excluding hydrogens is 250 g/mol. The summed E-state index contributed by atoms with van der Waals surface area (Å²) in [5.74, 6) is 0.591. The highest BCUT2D eigenvalue weighted by atomic mass is 16.6.